The number of nitrogens with one attached hydrogen (secondary N) is 1. The molecule has 0 radical (unpaired) electrons. The number of ether oxygens (including phenoxy) is 1. The first kappa shape index (κ1) is 19.6. The maximum Gasteiger partial charge on any atom is 0.418 e. The number of anilines is 1. The van der Waals surface area contributed by atoms with E-state index in [0.29, 0.717) is 16.8 Å². The average molecular weight is 385 g/mol. The van der Waals surface area contributed by atoms with E-state index in [1.54, 1.807) is 66.7 Å². The first-order valence-corrected chi connectivity index (χ1v) is 8.62. The van der Waals surface area contributed by atoms with Gasteiger partial charge in [-0.2, -0.15) is 13.2 Å². The summed E-state index contributed by atoms with van der Waals surface area (Å²) >= 11 is 0. The Morgan fingerprint density at radius 3 is 2.00 bits per heavy atom. The van der Waals surface area contributed by atoms with Gasteiger partial charge in [-0.25, -0.2) is 0 Å². The van der Waals surface area contributed by atoms with Crippen molar-refractivity contribution in [3.05, 3.63) is 102 Å². The predicted molar refractivity (Wildman–Crippen MR) is 101 cm³/mol. The molecule has 1 amide bonds. The fraction of sp³-hybridized carbons (Fsp3) is 0.136. The van der Waals surface area contributed by atoms with Crippen LogP contribution < -0.4 is 5.32 Å². The molecule has 144 valence electrons. The maximum atomic E-state index is 13.3. The van der Waals surface area contributed by atoms with Gasteiger partial charge < -0.3 is 10.1 Å². The number of carbonyl (C=O) groups is 1. The van der Waals surface area contributed by atoms with Crippen molar-refractivity contribution >= 4 is 11.6 Å². The highest BCUT2D eigenvalue weighted by atomic mass is 19.4. The summed E-state index contributed by atoms with van der Waals surface area (Å²) in [5.41, 5.74) is 1.70. The minimum Gasteiger partial charge on any atom is -0.359 e. The van der Waals surface area contributed by atoms with Crippen LogP contribution in [-0.2, 0) is 11.3 Å². The molecule has 28 heavy (non-hydrogen) atoms. The lowest BCUT2D eigenvalue weighted by atomic mass is 10.1. The molecule has 0 aliphatic carbocycles. The molecule has 0 saturated heterocycles. The Kier molecular flexibility index (Phi) is 6.11. The van der Waals surface area contributed by atoms with E-state index < -0.39 is 12.3 Å². The third kappa shape index (κ3) is 5.20. The minimum atomic E-state index is -4.51. The molecule has 1 unspecified atom stereocenters. The van der Waals surface area contributed by atoms with Crippen LogP contribution in [0.1, 0.15) is 27.6 Å². The van der Waals surface area contributed by atoms with Crippen molar-refractivity contribution in [1.29, 1.82) is 0 Å². The summed E-state index contributed by atoms with van der Waals surface area (Å²) in [6, 6.07) is 22.8. The third-order valence-corrected chi connectivity index (χ3v) is 4.06. The first-order chi connectivity index (χ1) is 13.4. The highest BCUT2D eigenvalue weighted by molar-refractivity contribution is 6.04. The van der Waals surface area contributed by atoms with Gasteiger partial charge in [-0.3, -0.25) is 4.79 Å². The van der Waals surface area contributed by atoms with Crippen LogP contribution >= 0.6 is 0 Å². The Hall–Kier alpha value is -3.12. The first-order valence-electron chi connectivity index (χ1n) is 8.62. The number of hydrogen-bond acceptors (Lipinski definition) is 2. The number of hydrogen-bond donors (Lipinski definition) is 1. The molecule has 1 N–H and O–H groups in total. The van der Waals surface area contributed by atoms with E-state index in [-0.39, 0.29) is 18.1 Å². The monoisotopic (exact) mass is 385 g/mol. The lowest BCUT2D eigenvalue weighted by Gasteiger charge is -2.21. The molecule has 6 heteroatoms. The molecular weight excluding hydrogens is 367 g/mol. The van der Waals surface area contributed by atoms with Crippen molar-refractivity contribution in [3.8, 4) is 0 Å². The second kappa shape index (κ2) is 8.71. The Morgan fingerprint density at radius 2 is 1.43 bits per heavy atom. The van der Waals surface area contributed by atoms with Crippen LogP contribution in [0.25, 0.3) is 0 Å². The van der Waals surface area contributed by atoms with Crippen molar-refractivity contribution in [2.75, 3.05) is 5.32 Å². The normalized spacial score (nSPS) is 12.4. The maximum absolute atomic E-state index is 13.3. The molecule has 3 rings (SSSR count). The molecule has 0 saturated carbocycles. The lowest BCUT2D eigenvalue weighted by Crippen LogP contribution is -2.23. The smallest absolute Gasteiger partial charge is 0.359 e. The predicted octanol–water partition coefficient (Wildman–Crippen LogP) is 5.76. The molecule has 0 spiro atoms. The number of alkyl halides is 3. The Morgan fingerprint density at radius 1 is 0.857 bits per heavy atom. The van der Waals surface area contributed by atoms with Crippen LogP contribution in [0.5, 0.6) is 0 Å². The topological polar surface area (TPSA) is 38.3 Å². The summed E-state index contributed by atoms with van der Waals surface area (Å²) in [6.45, 7) is -0.202. The van der Waals surface area contributed by atoms with Gasteiger partial charge in [0.15, 0.2) is 6.10 Å². The van der Waals surface area contributed by atoms with E-state index in [4.69, 9.17) is 4.74 Å². The van der Waals surface area contributed by atoms with Gasteiger partial charge in [0.05, 0.1) is 6.61 Å². The minimum absolute atomic E-state index is 0.0572. The van der Waals surface area contributed by atoms with Crippen LogP contribution in [0.15, 0.2) is 84.9 Å². The average Bonchev–Trinajstić information content (AvgIpc) is 2.70. The second-order valence-electron chi connectivity index (χ2n) is 6.16. The van der Waals surface area contributed by atoms with E-state index in [2.05, 4.69) is 5.32 Å². The molecule has 0 aliphatic heterocycles. The molecule has 1 atom stereocenters. The van der Waals surface area contributed by atoms with Crippen molar-refractivity contribution in [2.45, 2.75) is 18.9 Å². The molecule has 0 heterocycles. The fourth-order valence-corrected chi connectivity index (χ4v) is 2.66. The molecule has 0 bridgehead atoms. The standard InChI is InChI=1S/C22H18F3NO2/c23-22(24,25)20(17-7-3-1-4-8-17)28-15-16-11-13-19(14-12-16)26-21(27)18-9-5-2-6-10-18/h1-14,20H,15H2,(H,26,27). The van der Waals surface area contributed by atoms with Crippen molar-refractivity contribution in [3.63, 3.8) is 0 Å². The van der Waals surface area contributed by atoms with Gasteiger partial charge in [-0.15, -0.1) is 0 Å². The van der Waals surface area contributed by atoms with Crippen molar-refractivity contribution in [2.24, 2.45) is 0 Å². The van der Waals surface area contributed by atoms with Crippen LogP contribution in [0, 0.1) is 0 Å². The Balaban J connectivity index is 1.63. The third-order valence-electron chi connectivity index (χ3n) is 4.06. The van der Waals surface area contributed by atoms with E-state index >= 15 is 0 Å². The molecule has 0 fully saturated rings. The van der Waals surface area contributed by atoms with Gasteiger partial charge in [0.25, 0.3) is 5.91 Å². The van der Waals surface area contributed by atoms with Gasteiger partial charge in [0.1, 0.15) is 0 Å². The summed E-state index contributed by atoms with van der Waals surface area (Å²) in [5, 5.41) is 2.74. The van der Waals surface area contributed by atoms with Gasteiger partial charge in [-0.05, 0) is 35.4 Å². The van der Waals surface area contributed by atoms with Crippen LogP contribution in [-0.4, -0.2) is 12.1 Å². The number of halogens is 3. The number of amides is 1. The van der Waals surface area contributed by atoms with Gasteiger partial charge >= 0.3 is 6.18 Å². The number of rotatable bonds is 6. The molecule has 0 aliphatic rings. The second-order valence-corrected chi connectivity index (χ2v) is 6.16. The Bertz CT molecular complexity index is 895. The summed E-state index contributed by atoms with van der Waals surface area (Å²) in [4.78, 5) is 12.1. The molecular formula is C22H18F3NO2. The van der Waals surface area contributed by atoms with Gasteiger partial charge in [0, 0.05) is 11.3 Å². The van der Waals surface area contributed by atoms with E-state index in [0.717, 1.165) is 0 Å². The molecule has 3 aromatic rings. The van der Waals surface area contributed by atoms with E-state index in [1.807, 2.05) is 6.07 Å². The van der Waals surface area contributed by atoms with Crippen LogP contribution in [0.2, 0.25) is 0 Å². The van der Waals surface area contributed by atoms with Crippen molar-refractivity contribution in [1.82, 2.24) is 0 Å². The summed E-state index contributed by atoms with van der Waals surface area (Å²) < 4.78 is 45.1. The van der Waals surface area contributed by atoms with Crippen LogP contribution in [0.4, 0.5) is 18.9 Å². The fourth-order valence-electron chi connectivity index (χ4n) is 2.66. The van der Waals surface area contributed by atoms with E-state index in [1.165, 1.54) is 12.1 Å². The molecule has 3 aromatic carbocycles. The van der Waals surface area contributed by atoms with Crippen molar-refractivity contribution < 1.29 is 22.7 Å². The number of carbonyl (C=O) groups excluding carboxylic acids is 1. The van der Waals surface area contributed by atoms with Gasteiger partial charge in [0.2, 0.25) is 0 Å². The number of benzene rings is 3. The quantitative estimate of drug-likeness (QED) is 0.586. The Labute approximate surface area is 160 Å². The highest BCUT2D eigenvalue weighted by Crippen LogP contribution is 2.36. The molecule has 3 nitrogen and oxygen atoms in total. The highest BCUT2D eigenvalue weighted by Gasteiger charge is 2.41. The lowest BCUT2D eigenvalue weighted by molar-refractivity contribution is -0.227. The zero-order valence-electron chi connectivity index (χ0n) is 14.8. The summed E-state index contributed by atoms with van der Waals surface area (Å²) in [7, 11) is 0. The van der Waals surface area contributed by atoms with Gasteiger partial charge in [-0.1, -0.05) is 60.7 Å². The summed E-state index contributed by atoms with van der Waals surface area (Å²) in [6.07, 6.45) is -6.50. The SMILES string of the molecule is O=C(Nc1ccc(COC(c2ccccc2)C(F)(F)F)cc1)c1ccccc1. The zero-order valence-corrected chi connectivity index (χ0v) is 14.8. The molecule has 0 aromatic heterocycles. The van der Waals surface area contributed by atoms with E-state index in [9.17, 15) is 18.0 Å². The largest absolute Gasteiger partial charge is 0.418 e. The van der Waals surface area contributed by atoms with Crippen LogP contribution in [0.3, 0.4) is 0 Å². The summed E-state index contributed by atoms with van der Waals surface area (Å²) in [5.74, 6) is -0.259. The zero-order chi connectivity index (χ0) is 20.0.